The zero-order valence-corrected chi connectivity index (χ0v) is 9.69. The van der Waals surface area contributed by atoms with Crippen molar-refractivity contribution in [2.75, 3.05) is 6.54 Å². The van der Waals surface area contributed by atoms with Crippen molar-refractivity contribution >= 4 is 5.91 Å². The van der Waals surface area contributed by atoms with Crippen LogP contribution in [0.2, 0.25) is 0 Å². The molecular formula is C12H17N3O2. The molecule has 1 aromatic rings. The summed E-state index contributed by atoms with van der Waals surface area (Å²) in [5.74, 6) is 1.34. The molecule has 3 atom stereocenters. The van der Waals surface area contributed by atoms with Gasteiger partial charge in [0.05, 0.1) is 12.6 Å². The Hall–Kier alpha value is -1.36. The number of hydrogen-bond acceptors (Lipinski definition) is 4. The Labute approximate surface area is 99.9 Å². The summed E-state index contributed by atoms with van der Waals surface area (Å²) in [7, 11) is 0. The average Bonchev–Trinajstić information content (AvgIpc) is 3.02. The minimum absolute atomic E-state index is 0.00518. The Morgan fingerprint density at radius 1 is 1.59 bits per heavy atom. The van der Waals surface area contributed by atoms with Crippen LogP contribution in [0.3, 0.4) is 0 Å². The highest BCUT2D eigenvalue weighted by atomic mass is 16.5. The molecule has 0 aromatic carbocycles. The summed E-state index contributed by atoms with van der Waals surface area (Å²) in [5, 5.41) is 10.0. The van der Waals surface area contributed by atoms with E-state index in [1.165, 1.54) is 25.5 Å². The van der Waals surface area contributed by atoms with Crippen LogP contribution < -0.4 is 10.6 Å². The van der Waals surface area contributed by atoms with Crippen molar-refractivity contribution in [3.63, 3.8) is 0 Å². The average molecular weight is 235 g/mol. The van der Waals surface area contributed by atoms with E-state index in [0.29, 0.717) is 18.4 Å². The molecular weight excluding hydrogens is 218 g/mol. The number of nitrogens with one attached hydrogen (secondary N) is 2. The predicted molar refractivity (Wildman–Crippen MR) is 61.0 cm³/mol. The van der Waals surface area contributed by atoms with E-state index in [0.717, 1.165) is 12.2 Å². The molecule has 5 heteroatoms. The lowest BCUT2D eigenvalue weighted by Crippen LogP contribution is -2.43. The van der Waals surface area contributed by atoms with Gasteiger partial charge in [-0.25, -0.2) is 0 Å². The van der Waals surface area contributed by atoms with Crippen LogP contribution in [0.15, 0.2) is 16.9 Å². The first-order chi connectivity index (χ1) is 8.34. The fraction of sp³-hybridized carbons (Fsp3) is 0.667. The number of hydrogen-bond donors (Lipinski definition) is 2. The quantitative estimate of drug-likeness (QED) is 0.808. The monoisotopic (exact) mass is 235 g/mol. The maximum absolute atomic E-state index is 12.1. The largest absolute Gasteiger partial charge is 0.364 e. The summed E-state index contributed by atoms with van der Waals surface area (Å²) in [4.78, 5) is 12.1. The minimum Gasteiger partial charge on any atom is -0.364 e. The van der Waals surface area contributed by atoms with Gasteiger partial charge in [-0.2, -0.15) is 0 Å². The molecule has 5 nitrogen and oxygen atoms in total. The van der Waals surface area contributed by atoms with Crippen molar-refractivity contribution in [1.82, 2.24) is 15.8 Å². The zero-order chi connectivity index (χ0) is 11.7. The number of carbonyl (C=O) groups excluding carboxylic acids is 1. The van der Waals surface area contributed by atoms with Crippen LogP contribution in [0, 0.1) is 11.8 Å². The molecule has 2 aliphatic rings. The molecule has 17 heavy (non-hydrogen) atoms. The van der Waals surface area contributed by atoms with E-state index in [2.05, 4.69) is 15.8 Å². The summed E-state index contributed by atoms with van der Waals surface area (Å²) in [6.45, 7) is 1.44. The molecule has 1 aromatic heterocycles. The van der Waals surface area contributed by atoms with Crippen LogP contribution in [0.5, 0.6) is 0 Å². The van der Waals surface area contributed by atoms with Gasteiger partial charge in [0.25, 0.3) is 0 Å². The van der Waals surface area contributed by atoms with E-state index in [1.807, 2.05) is 0 Å². The highest BCUT2D eigenvalue weighted by Gasteiger charge is 2.42. The summed E-state index contributed by atoms with van der Waals surface area (Å²) in [5.41, 5.74) is 0.763. The second-order valence-electron chi connectivity index (χ2n) is 4.95. The van der Waals surface area contributed by atoms with E-state index in [-0.39, 0.29) is 11.9 Å². The molecule has 2 N–H and O–H groups in total. The van der Waals surface area contributed by atoms with Crippen LogP contribution in [-0.4, -0.2) is 23.7 Å². The minimum atomic E-state index is -0.00518. The molecule has 2 heterocycles. The first-order valence-electron chi connectivity index (χ1n) is 6.25. The number of carbonyl (C=O) groups is 1. The van der Waals surface area contributed by atoms with E-state index in [1.54, 1.807) is 6.07 Å². The number of aromatic nitrogens is 1. The van der Waals surface area contributed by atoms with Gasteiger partial charge in [0.2, 0.25) is 5.91 Å². The van der Waals surface area contributed by atoms with E-state index in [9.17, 15) is 4.79 Å². The third-order valence-corrected chi connectivity index (χ3v) is 3.96. The van der Waals surface area contributed by atoms with Gasteiger partial charge in [0.1, 0.15) is 12.0 Å². The highest BCUT2D eigenvalue weighted by Crippen LogP contribution is 2.37. The SMILES string of the molecule is O=C(NCc1ccon1)C1NCC2CCCC21. The molecule has 0 bridgehead atoms. The Morgan fingerprint density at radius 3 is 3.35 bits per heavy atom. The van der Waals surface area contributed by atoms with Gasteiger partial charge in [0, 0.05) is 6.07 Å². The zero-order valence-electron chi connectivity index (χ0n) is 9.69. The Kier molecular flexibility index (Phi) is 2.84. The van der Waals surface area contributed by atoms with Crippen molar-refractivity contribution in [1.29, 1.82) is 0 Å². The first kappa shape index (κ1) is 10.8. The normalized spacial score (nSPS) is 31.4. The maximum Gasteiger partial charge on any atom is 0.237 e. The summed E-state index contributed by atoms with van der Waals surface area (Å²) in [6.07, 6.45) is 5.23. The van der Waals surface area contributed by atoms with E-state index in [4.69, 9.17) is 4.52 Å². The molecule has 1 saturated heterocycles. The van der Waals surface area contributed by atoms with Crippen molar-refractivity contribution in [3.05, 3.63) is 18.0 Å². The summed E-state index contributed by atoms with van der Waals surface area (Å²) < 4.78 is 4.72. The highest BCUT2D eigenvalue weighted by molar-refractivity contribution is 5.82. The Morgan fingerprint density at radius 2 is 2.53 bits per heavy atom. The van der Waals surface area contributed by atoms with Gasteiger partial charge in [-0.15, -0.1) is 0 Å². The number of rotatable bonds is 3. The standard InChI is InChI=1S/C12H17N3O2/c16-12(14-7-9-4-5-17-15-9)11-10-3-1-2-8(10)6-13-11/h4-5,8,10-11,13H,1-3,6-7H2,(H,14,16). The van der Waals surface area contributed by atoms with Gasteiger partial charge in [0.15, 0.2) is 0 Å². The van der Waals surface area contributed by atoms with Crippen molar-refractivity contribution in [3.8, 4) is 0 Å². The topological polar surface area (TPSA) is 67.2 Å². The number of nitrogens with zero attached hydrogens (tertiary/aromatic N) is 1. The van der Waals surface area contributed by atoms with Crippen LogP contribution in [0.4, 0.5) is 0 Å². The molecule has 0 spiro atoms. The third kappa shape index (κ3) is 2.07. The van der Waals surface area contributed by atoms with Gasteiger partial charge in [-0.1, -0.05) is 11.6 Å². The molecule has 3 unspecified atom stereocenters. The molecule has 1 saturated carbocycles. The second-order valence-corrected chi connectivity index (χ2v) is 4.95. The lowest BCUT2D eigenvalue weighted by molar-refractivity contribution is -0.124. The molecule has 1 amide bonds. The lowest BCUT2D eigenvalue weighted by atomic mass is 9.93. The Bertz CT molecular complexity index is 390. The van der Waals surface area contributed by atoms with Crippen molar-refractivity contribution in [2.45, 2.75) is 31.8 Å². The van der Waals surface area contributed by atoms with Crippen LogP contribution in [0.1, 0.15) is 25.0 Å². The first-order valence-corrected chi connectivity index (χ1v) is 6.25. The van der Waals surface area contributed by atoms with Crippen LogP contribution >= 0.6 is 0 Å². The van der Waals surface area contributed by atoms with Gasteiger partial charge >= 0.3 is 0 Å². The molecule has 0 radical (unpaired) electrons. The predicted octanol–water partition coefficient (Wildman–Crippen LogP) is 0.679. The van der Waals surface area contributed by atoms with Crippen molar-refractivity contribution in [2.24, 2.45) is 11.8 Å². The summed E-state index contributed by atoms with van der Waals surface area (Å²) in [6, 6.07) is 1.76. The fourth-order valence-electron chi connectivity index (χ4n) is 3.09. The maximum atomic E-state index is 12.1. The van der Waals surface area contributed by atoms with Crippen molar-refractivity contribution < 1.29 is 9.32 Å². The van der Waals surface area contributed by atoms with E-state index < -0.39 is 0 Å². The fourth-order valence-corrected chi connectivity index (χ4v) is 3.09. The van der Waals surface area contributed by atoms with Crippen LogP contribution in [-0.2, 0) is 11.3 Å². The Balaban J connectivity index is 1.55. The molecule has 1 aliphatic carbocycles. The van der Waals surface area contributed by atoms with Gasteiger partial charge in [-0.3, -0.25) is 4.79 Å². The number of amides is 1. The molecule has 1 aliphatic heterocycles. The second kappa shape index (κ2) is 4.49. The van der Waals surface area contributed by atoms with Crippen LogP contribution in [0.25, 0.3) is 0 Å². The third-order valence-electron chi connectivity index (χ3n) is 3.96. The van der Waals surface area contributed by atoms with E-state index >= 15 is 0 Å². The molecule has 2 fully saturated rings. The number of fused-ring (bicyclic) bond motifs is 1. The lowest BCUT2D eigenvalue weighted by Gasteiger charge is -2.17. The summed E-state index contributed by atoms with van der Waals surface area (Å²) >= 11 is 0. The molecule has 3 rings (SSSR count). The molecule has 92 valence electrons. The van der Waals surface area contributed by atoms with Gasteiger partial charge in [-0.05, 0) is 31.2 Å². The smallest absolute Gasteiger partial charge is 0.237 e. The van der Waals surface area contributed by atoms with Gasteiger partial charge < -0.3 is 15.2 Å².